The van der Waals surface area contributed by atoms with Crippen LogP contribution in [-0.2, 0) is 6.54 Å². The van der Waals surface area contributed by atoms with Gasteiger partial charge in [-0.15, -0.1) is 0 Å². The van der Waals surface area contributed by atoms with Crippen molar-refractivity contribution in [3.05, 3.63) is 29.8 Å². The van der Waals surface area contributed by atoms with Crippen LogP contribution in [0.15, 0.2) is 24.3 Å². The fraction of sp³-hybridized carbons (Fsp3) is 0.625. The molecule has 1 unspecified atom stereocenters. The van der Waals surface area contributed by atoms with Gasteiger partial charge in [0.1, 0.15) is 0 Å². The van der Waals surface area contributed by atoms with Crippen molar-refractivity contribution in [3.8, 4) is 0 Å². The molecule has 0 bridgehead atoms. The summed E-state index contributed by atoms with van der Waals surface area (Å²) < 4.78 is 0. The molecule has 3 heteroatoms. The third-order valence-corrected chi connectivity index (χ3v) is 4.43. The van der Waals surface area contributed by atoms with E-state index < -0.39 is 0 Å². The van der Waals surface area contributed by atoms with Crippen LogP contribution in [0.5, 0.6) is 0 Å². The number of rotatable bonds is 8. The molecule has 1 rings (SSSR count). The molecule has 0 aliphatic carbocycles. The van der Waals surface area contributed by atoms with Gasteiger partial charge in [-0.05, 0) is 49.6 Å². The van der Waals surface area contributed by atoms with Crippen molar-refractivity contribution in [1.82, 2.24) is 4.90 Å². The molecule has 0 aromatic heterocycles. The van der Waals surface area contributed by atoms with E-state index in [1.54, 1.807) is 0 Å². The van der Waals surface area contributed by atoms with Crippen molar-refractivity contribution in [3.63, 3.8) is 0 Å². The van der Waals surface area contributed by atoms with Crippen LogP contribution in [0.2, 0.25) is 0 Å². The molecule has 0 saturated heterocycles. The SMILES string of the molecule is CCSCCC(C)N(C)Cc1cccc(N(C)C)c1. The Morgan fingerprint density at radius 2 is 1.95 bits per heavy atom. The standard InChI is InChI=1S/C16H28N2S/c1-6-19-11-10-14(2)18(5)13-15-8-7-9-16(12-15)17(3)4/h7-9,12,14H,6,10-11,13H2,1-5H3. The Morgan fingerprint density at radius 3 is 2.58 bits per heavy atom. The summed E-state index contributed by atoms with van der Waals surface area (Å²) in [4.78, 5) is 4.61. The van der Waals surface area contributed by atoms with E-state index in [9.17, 15) is 0 Å². The summed E-state index contributed by atoms with van der Waals surface area (Å²) in [5.41, 5.74) is 2.67. The van der Waals surface area contributed by atoms with Crippen LogP contribution in [0.25, 0.3) is 0 Å². The second kappa shape index (κ2) is 8.49. The lowest BCUT2D eigenvalue weighted by molar-refractivity contribution is 0.245. The second-order valence-corrected chi connectivity index (χ2v) is 6.71. The Hall–Kier alpha value is -0.670. The van der Waals surface area contributed by atoms with Gasteiger partial charge < -0.3 is 4.90 Å². The lowest BCUT2D eigenvalue weighted by atomic mass is 10.1. The van der Waals surface area contributed by atoms with Crippen molar-refractivity contribution in [2.75, 3.05) is 37.5 Å². The lowest BCUT2D eigenvalue weighted by Gasteiger charge is -2.25. The summed E-state index contributed by atoms with van der Waals surface area (Å²) in [6.07, 6.45) is 1.27. The molecule has 1 aromatic rings. The molecule has 1 atom stereocenters. The van der Waals surface area contributed by atoms with Gasteiger partial charge in [-0.3, -0.25) is 4.90 Å². The minimum Gasteiger partial charge on any atom is -0.378 e. The third-order valence-electron chi connectivity index (χ3n) is 3.50. The van der Waals surface area contributed by atoms with Crippen molar-refractivity contribution < 1.29 is 0 Å². The lowest BCUT2D eigenvalue weighted by Crippen LogP contribution is -2.29. The number of hydrogen-bond acceptors (Lipinski definition) is 3. The van der Waals surface area contributed by atoms with Crippen molar-refractivity contribution in [1.29, 1.82) is 0 Å². The first-order valence-electron chi connectivity index (χ1n) is 7.08. The number of hydrogen-bond donors (Lipinski definition) is 0. The van der Waals surface area contributed by atoms with E-state index >= 15 is 0 Å². The molecule has 0 aliphatic rings. The fourth-order valence-electron chi connectivity index (χ4n) is 2.00. The number of thioether (sulfide) groups is 1. The van der Waals surface area contributed by atoms with Gasteiger partial charge in [-0.25, -0.2) is 0 Å². The molecule has 2 nitrogen and oxygen atoms in total. The van der Waals surface area contributed by atoms with Crippen molar-refractivity contribution in [2.24, 2.45) is 0 Å². The Balaban J connectivity index is 2.51. The van der Waals surface area contributed by atoms with Crippen LogP contribution in [0.1, 0.15) is 25.8 Å². The first-order valence-corrected chi connectivity index (χ1v) is 8.24. The average Bonchev–Trinajstić information content (AvgIpc) is 2.39. The minimum atomic E-state index is 0.641. The van der Waals surface area contributed by atoms with Gasteiger partial charge >= 0.3 is 0 Å². The molecule has 19 heavy (non-hydrogen) atoms. The third kappa shape index (κ3) is 5.87. The van der Waals surface area contributed by atoms with E-state index in [0.717, 1.165) is 6.54 Å². The molecular weight excluding hydrogens is 252 g/mol. The minimum absolute atomic E-state index is 0.641. The predicted molar refractivity (Wildman–Crippen MR) is 89.3 cm³/mol. The van der Waals surface area contributed by atoms with Gasteiger partial charge in [0.05, 0.1) is 0 Å². The largest absolute Gasteiger partial charge is 0.378 e. The predicted octanol–water partition coefficient (Wildman–Crippen LogP) is 3.72. The van der Waals surface area contributed by atoms with Crippen LogP contribution >= 0.6 is 11.8 Å². The second-order valence-electron chi connectivity index (χ2n) is 5.31. The number of nitrogens with zero attached hydrogens (tertiary/aromatic N) is 2. The molecular formula is C16H28N2S. The highest BCUT2D eigenvalue weighted by Gasteiger charge is 2.09. The van der Waals surface area contributed by atoms with Gasteiger partial charge in [0.15, 0.2) is 0 Å². The molecule has 0 radical (unpaired) electrons. The Bertz CT molecular complexity index is 366. The van der Waals surface area contributed by atoms with E-state index in [4.69, 9.17) is 0 Å². The van der Waals surface area contributed by atoms with E-state index in [-0.39, 0.29) is 0 Å². The van der Waals surface area contributed by atoms with E-state index in [1.165, 1.54) is 29.2 Å². The average molecular weight is 280 g/mol. The van der Waals surface area contributed by atoms with Gasteiger partial charge in [-0.2, -0.15) is 11.8 Å². The van der Waals surface area contributed by atoms with Gasteiger partial charge in [-0.1, -0.05) is 19.1 Å². The van der Waals surface area contributed by atoms with E-state index in [2.05, 4.69) is 69.1 Å². The van der Waals surface area contributed by atoms with Crippen LogP contribution in [0.4, 0.5) is 5.69 Å². The number of anilines is 1. The Morgan fingerprint density at radius 1 is 1.21 bits per heavy atom. The molecule has 0 aliphatic heterocycles. The molecule has 0 fully saturated rings. The zero-order valence-corrected chi connectivity index (χ0v) is 13.8. The van der Waals surface area contributed by atoms with Crippen LogP contribution in [0.3, 0.4) is 0 Å². The van der Waals surface area contributed by atoms with Gasteiger partial charge in [0, 0.05) is 32.4 Å². The quantitative estimate of drug-likeness (QED) is 0.670. The number of benzene rings is 1. The maximum Gasteiger partial charge on any atom is 0.0364 e. The molecule has 108 valence electrons. The van der Waals surface area contributed by atoms with Crippen LogP contribution in [-0.4, -0.2) is 43.6 Å². The first kappa shape index (κ1) is 16.4. The molecule has 0 amide bonds. The maximum absolute atomic E-state index is 2.45. The van der Waals surface area contributed by atoms with Crippen LogP contribution < -0.4 is 4.90 Å². The maximum atomic E-state index is 2.45. The summed E-state index contributed by atoms with van der Waals surface area (Å²) in [5, 5.41) is 0. The Labute approximate surface area is 123 Å². The summed E-state index contributed by atoms with van der Waals surface area (Å²) in [6, 6.07) is 9.45. The highest BCUT2D eigenvalue weighted by atomic mass is 32.2. The normalized spacial score (nSPS) is 12.7. The van der Waals surface area contributed by atoms with Crippen LogP contribution in [0, 0.1) is 0 Å². The topological polar surface area (TPSA) is 6.48 Å². The molecule has 0 N–H and O–H groups in total. The van der Waals surface area contributed by atoms with Gasteiger partial charge in [0.25, 0.3) is 0 Å². The Kier molecular flexibility index (Phi) is 7.32. The summed E-state index contributed by atoms with van der Waals surface area (Å²) in [5.74, 6) is 2.49. The van der Waals surface area contributed by atoms with Gasteiger partial charge in [0.2, 0.25) is 0 Å². The molecule has 1 aromatic carbocycles. The van der Waals surface area contributed by atoms with E-state index in [1.807, 2.05) is 11.8 Å². The highest BCUT2D eigenvalue weighted by molar-refractivity contribution is 7.99. The summed E-state index contributed by atoms with van der Waals surface area (Å²) in [7, 11) is 6.41. The zero-order valence-electron chi connectivity index (χ0n) is 13.0. The monoisotopic (exact) mass is 280 g/mol. The summed E-state index contributed by atoms with van der Waals surface area (Å²) >= 11 is 2.03. The molecule has 0 saturated carbocycles. The zero-order chi connectivity index (χ0) is 14.3. The molecule has 0 heterocycles. The summed E-state index contributed by atoms with van der Waals surface area (Å²) in [6.45, 7) is 5.58. The van der Waals surface area contributed by atoms with Crippen molar-refractivity contribution in [2.45, 2.75) is 32.9 Å². The smallest absolute Gasteiger partial charge is 0.0364 e. The first-order chi connectivity index (χ1) is 9.04. The highest BCUT2D eigenvalue weighted by Crippen LogP contribution is 2.16. The molecule has 0 spiro atoms. The van der Waals surface area contributed by atoms with E-state index in [0.29, 0.717) is 6.04 Å². The fourth-order valence-corrected chi connectivity index (χ4v) is 2.79. The van der Waals surface area contributed by atoms with Crippen molar-refractivity contribution >= 4 is 17.4 Å².